The molecule has 1 fully saturated rings. The average molecular weight is 225 g/mol. The summed E-state index contributed by atoms with van der Waals surface area (Å²) in [6.45, 7) is 2.10. The quantitative estimate of drug-likeness (QED) is 0.836. The minimum absolute atomic E-state index is 0.0834. The molecule has 16 heavy (non-hydrogen) atoms. The predicted octanol–water partition coefficient (Wildman–Crippen LogP) is 3.18. The fourth-order valence-corrected chi connectivity index (χ4v) is 2.03. The summed E-state index contributed by atoms with van der Waals surface area (Å²) in [5.74, 6) is -2.71. The predicted molar refractivity (Wildman–Crippen MR) is 60.6 cm³/mol. The zero-order chi connectivity index (χ0) is 11.8. The normalized spacial score (nSPS) is 18.5. The molecule has 1 aromatic rings. The molecule has 88 valence electrons. The fourth-order valence-electron chi connectivity index (χ4n) is 2.03. The highest BCUT2D eigenvalue weighted by molar-refractivity contribution is 5.35. The molecule has 2 rings (SSSR count). The van der Waals surface area contributed by atoms with Crippen LogP contribution in [0.4, 0.5) is 8.78 Å². The third-order valence-electron chi connectivity index (χ3n) is 3.61. The molecular formula is C13H17F2N. The molecule has 1 saturated carbocycles. The summed E-state index contributed by atoms with van der Waals surface area (Å²) in [5.41, 5.74) is 6.99. The van der Waals surface area contributed by atoms with Crippen molar-refractivity contribution < 1.29 is 8.78 Å². The Hall–Kier alpha value is -0.960. The molecular weight excluding hydrogens is 208 g/mol. The molecule has 1 aliphatic rings. The molecule has 0 atom stereocenters. The van der Waals surface area contributed by atoms with Crippen LogP contribution in [0.15, 0.2) is 24.3 Å². The molecule has 3 heteroatoms. The molecule has 0 aromatic heterocycles. The van der Waals surface area contributed by atoms with Gasteiger partial charge in [-0.25, -0.2) is 8.78 Å². The molecule has 0 aliphatic heterocycles. The maximum atomic E-state index is 13.4. The average Bonchev–Trinajstić information content (AvgIpc) is 3.10. The standard InChI is InChI=1S/C13H17F2N/c1-2-13(14,15)11-5-3-10(4-6-11)12(9-16)7-8-12/h3-6H,2,7-9,16H2,1H3. The van der Waals surface area contributed by atoms with Crippen molar-refractivity contribution in [3.05, 3.63) is 35.4 Å². The molecule has 1 aromatic carbocycles. The van der Waals surface area contributed by atoms with E-state index >= 15 is 0 Å². The summed E-state index contributed by atoms with van der Waals surface area (Å²) < 4.78 is 26.8. The Morgan fingerprint density at radius 2 is 1.81 bits per heavy atom. The second kappa shape index (κ2) is 3.81. The van der Waals surface area contributed by atoms with E-state index in [1.54, 1.807) is 12.1 Å². The lowest BCUT2D eigenvalue weighted by atomic mass is 9.94. The molecule has 0 spiro atoms. The molecule has 1 aliphatic carbocycles. The van der Waals surface area contributed by atoms with Crippen LogP contribution in [0.5, 0.6) is 0 Å². The Kier molecular flexibility index (Phi) is 2.74. The monoisotopic (exact) mass is 225 g/mol. The highest BCUT2D eigenvalue weighted by atomic mass is 19.3. The summed E-state index contributed by atoms with van der Waals surface area (Å²) in [6, 6.07) is 6.68. The van der Waals surface area contributed by atoms with Crippen LogP contribution in [0, 0.1) is 0 Å². The number of alkyl halides is 2. The van der Waals surface area contributed by atoms with Crippen molar-refractivity contribution in [1.82, 2.24) is 0 Å². The third kappa shape index (κ3) is 1.84. The lowest BCUT2D eigenvalue weighted by Crippen LogP contribution is -2.20. The number of benzene rings is 1. The van der Waals surface area contributed by atoms with E-state index in [0.717, 1.165) is 18.4 Å². The lowest BCUT2D eigenvalue weighted by molar-refractivity contribution is -0.00830. The van der Waals surface area contributed by atoms with E-state index in [1.165, 1.54) is 19.1 Å². The van der Waals surface area contributed by atoms with Gasteiger partial charge in [0, 0.05) is 23.9 Å². The first-order valence-corrected chi connectivity index (χ1v) is 5.73. The van der Waals surface area contributed by atoms with E-state index in [2.05, 4.69) is 0 Å². The van der Waals surface area contributed by atoms with Gasteiger partial charge in [0.25, 0.3) is 5.92 Å². The molecule has 0 radical (unpaired) electrons. The fraction of sp³-hybridized carbons (Fsp3) is 0.538. The van der Waals surface area contributed by atoms with Gasteiger partial charge in [0.1, 0.15) is 0 Å². The van der Waals surface area contributed by atoms with Gasteiger partial charge in [0.05, 0.1) is 0 Å². The van der Waals surface area contributed by atoms with Crippen LogP contribution in [0.3, 0.4) is 0 Å². The van der Waals surface area contributed by atoms with Crippen LogP contribution < -0.4 is 5.73 Å². The zero-order valence-electron chi connectivity index (χ0n) is 9.47. The van der Waals surface area contributed by atoms with E-state index in [1.807, 2.05) is 0 Å². The molecule has 0 heterocycles. The van der Waals surface area contributed by atoms with Crippen LogP contribution in [0.1, 0.15) is 37.3 Å². The Bertz CT molecular complexity index is 341. The largest absolute Gasteiger partial charge is 0.330 e. The zero-order valence-corrected chi connectivity index (χ0v) is 9.47. The van der Waals surface area contributed by atoms with E-state index < -0.39 is 5.92 Å². The minimum Gasteiger partial charge on any atom is -0.330 e. The smallest absolute Gasteiger partial charge is 0.273 e. The summed E-state index contributed by atoms with van der Waals surface area (Å²) in [6.07, 6.45) is 1.99. The van der Waals surface area contributed by atoms with Crippen LogP contribution >= 0.6 is 0 Å². The van der Waals surface area contributed by atoms with Crippen molar-refractivity contribution in [3.8, 4) is 0 Å². The Morgan fingerprint density at radius 3 is 2.19 bits per heavy atom. The van der Waals surface area contributed by atoms with E-state index in [9.17, 15) is 8.78 Å². The molecule has 0 amide bonds. The molecule has 1 nitrogen and oxygen atoms in total. The first-order valence-electron chi connectivity index (χ1n) is 5.73. The van der Waals surface area contributed by atoms with Gasteiger partial charge in [-0.3, -0.25) is 0 Å². The van der Waals surface area contributed by atoms with Crippen molar-refractivity contribution >= 4 is 0 Å². The van der Waals surface area contributed by atoms with Crippen molar-refractivity contribution in [3.63, 3.8) is 0 Å². The first kappa shape index (κ1) is 11.5. The molecule has 2 N–H and O–H groups in total. The number of hydrogen-bond donors (Lipinski definition) is 1. The van der Waals surface area contributed by atoms with Gasteiger partial charge in [-0.1, -0.05) is 31.2 Å². The van der Waals surface area contributed by atoms with Crippen molar-refractivity contribution in [2.75, 3.05) is 6.54 Å². The molecule has 0 saturated heterocycles. The topological polar surface area (TPSA) is 26.0 Å². The summed E-state index contributed by atoms with van der Waals surface area (Å²) >= 11 is 0. The van der Waals surface area contributed by atoms with Crippen LogP contribution in [0.25, 0.3) is 0 Å². The van der Waals surface area contributed by atoms with Crippen LogP contribution in [-0.2, 0) is 11.3 Å². The molecule has 0 unspecified atom stereocenters. The Morgan fingerprint density at radius 1 is 1.25 bits per heavy atom. The number of nitrogens with two attached hydrogens (primary N) is 1. The van der Waals surface area contributed by atoms with Crippen LogP contribution in [-0.4, -0.2) is 6.54 Å². The summed E-state index contributed by atoms with van der Waals surface area (Å²) in [4.78, 5) is 0. The van der Waals surface area contributed by atoms with Gasteiger partial charge in [-0.05, 0) is 18.4 Å². The Labute approximate surface area is 94.7 Å². The second-order valence-corrected chi connectivity index (χ2v) is 4.62. The third-order valence-corrected chi connectivity index (χ3v) is 3.61. The highest BCUT2D eigenvalue weighted by Gasteiger charge is 2.43. The minimum atomic E-state index is -2.71. The summed E-state index contributed by atoms with van der Waals surface area (Å²) in [5, 5.41) is 0. The number of halogens is 2. The van der Waals surface area contributed by atoms with Crippen molar-refractivity contribution in [1.29, 1.82) is 0 Å². The molecule has 0 bridgehead atoms. The van der Waals surface area contributed by atoms with Gasteiger partial charge in [-0.2, -0.15) is 0 Å². The first-order chi connectivity index (χ1) is 7.54. The second-order valence-electron chi connectivity index (χ2n) is 4.62. The van der Waals surface area contributed by atoms with Gasteiger partial charge in [-0.15, -0.1) is 0 Å². The van der Waals surface area contributed by atoms with Gasteiger partial charge >= 0.3 is 0 Å². The van der Waals surface area contributed by atoms with Gasteiger partial charge < -0.3 is 5.73 Å². The SMILES string of the molecule is CCC(F)(F)c1ccc(C2(CN)CC2)cc1. The van der Waals surface area contributed by atoms with Gasteiger partial charge in [0.15, 0.2) is 0 Å². The van der Waals surface area contributed by atoms with Gasteiger partial charge in [0.2, 0.25) is 0 Å². The van der Waals surface area contributed by atoms with Crippen molar-refractivity contribution in [2.24, 2.45) is 5.73 Å². The Balaban J connectivity index is 2.23. The number of rotatable bonds is 4. The van der Waals surface area contributed by atoms with E-state index in [-0.39, 0.29) is 17.4 Å². The summed E-state index contributed by atoms with van der Waals surface area (Å²) in [7, 11) is 0. The maximum Gasteiger partial charge on any atom is 0.273 e. The van der Waals surface area contributed by atoms with Crippen molar-refractivity contribution in [2.45, 2.75) is 37.5 Å². The maximum absolute atomic E-state index is 13.4. The van der Waals surface area contributed by atoms with Crippen LogP contribution in [0.2, 0.25) is 0 Å². The lowest BCUT2D eigenvalue weighted by Gasteiger charge is -2.17. The van der Waals surface area contributed by atoms with E-state index in [4.69, 9.17) is 5.73 Å². The van der Waals surface area contributed by atoms with E-state index in [0.29, 0.717) is 6.54 Å². The highest BCUT2D eigenvalue weighted by Crippen LogP contribution is 2.47. The number of hydrogen-bond acceptors (Lipinski definition) is 1.